The predicted octanol–water partition coefficient (Wildman–Crippen LogP) is 0.276. The molecule has 0 aromatic rings. The molecule has 0 bridgehead atoms. The smallest absolute Gasteiger partial charge is 0.222 e. The molecule has 1 fully saturated rings. The van der Waals surface area contributed by atoms with Crippen molar-refractivity contribution in [2.24, 2.45) is 5.73 Å². The molecule has 2 N–H and O–H groups in total. The lowest BCUT2D eigenvalue weighted by molar-refractivity contribution is -0.135. The van der Waals surface area contributed by atoms with E-state index < -0.39 is 0 Å². The average Bonchev–Trinajstić information content (AvgIpc) is 2.14. The fraction of sp³-hybridized carbons (Fsp3) is 0.909. The molecule has 1 aliphatic rings. The van der Waals surface area contributed by atoms with Gasteiger partial charge in [-0.2, -0.15) is 0 Å². The number of nitrogens with zero attached hydrogens (tertiary/aromatic N) is 2. The van der Waals surface area contributed by atoms with E-state index in [1.54, 1.807) is 0 Å². The predicted molar refractivity (Wildman–Crippen MR) is 61.6 cm³/mol. The van der Waals surface area contributed by atoms with Gasteiger partial charge in [-0.3, -0.25) is 4.79 Å². The molecular weight excluding hydrogens is 190 g/mol. The van der Waals surface area contributed by atoms with Gasteiger partial charge >= 0.3 is 0 Å². The minimum atomic E-state index is 0.122. The average molecular weight is 213 g/mol. The SMILES string of the molecule is CC(N)CCC(=O)N1CCN(C)CC1C. The van der Waals surface area contributed by atoms with E-state index in [-0.39, 0.29) is 11.9 Å². The Labute approximate surface area is 92.4 Å². The number of hydrogen-bond donors (Lipinski definition) is 1. The Morgan fingerprint density at radius 3 is 2.73 bits per heavy atom. The van der Waals surface area contributed by atoms with Crippen molar-refractivity contribution in [2.75, 3.05) is 26.7 Å². The first-order chi connectivity index (χ1) is 7.00. The van der Waals surface area contributed by atoms with Crippen molar-refractivity contribution < 1.29 is 4.79 Å². The molecule has 0 aromatic heterocycles. The third-order valence-electron chi connectivity index (χ3n) is 2.96. The van der Waals surface area contributed by atoms with Crippen molar-refractivity contribution in [3.05, 3.63) is 0 Å². The summed E-state index contributed by atoms with van der Waals surface area (Å²) >= 11 is 0. The Balaban J connectivity index is 2.38. The molecule has 4 heteroatoms. The lowest BCUT2D eigenvalue weighted by atomic mass is 10.1. The third-order valence-corrected chi connectivity index (χ3v) is 2.96. The summed E-state index contributed by atoms with van der Waals surface area (Å²) in [6, 6.07) is 0.459. The Bertz CT molecular complexity index is 218. The zero-order valence-electron chi connectivity index (χ0n) is 10.1. The number of carbonyl (C=O) groups excluding carboxylic acids is 1. The highest BCUT2D eigenvalue weighted by molar-refractivity contribution is 5.76. The molecule has 15 heavy (non-hydrogen) atoms. The van der Waals surface area contributed by atoms with Crippen LogP contribution in [0.4, 0.5) is 0 Å². The van der Waals surface area contributed by atoms with Crippen LogP contribution in [0.3, 0.4) is 0 Å². The quantitative estimate of drug-likeness (QED) is 0.732. The molecule has 1 saturated heterocycles. The van der Waals surface area contributed by atoms with E-state index >= 15 is 0 Å². The minimum absolute atomic E-state index is 0.122. The lowest BCUT2D eigenvalue weighted by Crippen LogP contribution is -2.52. The van der Waals surface area contributed by atoms with Crippen molar-refractivity contribution in [3.63, 3.8) is 0 Å². The van der Waals surface area contributed by atoms with Gasteiger partial charge in [-0.1, -0.05) is 0 Å². The fourth-order valence-electron chi connectivity index (χ4n) is 2.01. The van der Waals surface area contributed by atoms with Gasteiger partial charge in [0.15, 0.2) is 0 Å². The monoisotopic (exact) mass is 213 g/mol. The Morgan fingerprint density at radius 1 is 1.53 bits per heavy atom. The van der Waals surface area contributed by atoms with Gasteiger partial charge in [0.2, 0.25) is 5.91 Å². The second-order valence-electron chi connectivity index (χ2n) is 4.71. The first-order valence-corrected chi connectivity index (χ1v) is 5.74. The van der Waals surface area contributed by atoms with Gasteiger partial charge in [-0.15, -0.1) is 0 Å². The highest BCUT2D eigenvalue weighted by Gasteiger charge is 2.25. The zero-order valence-corrected chi connectivity index (χ0v) is 10.1. The summed E-state index contributed by atoms with van der Waals surface area (Å²) in [7, 11) is 2.10. The molecule has 0 spiro atoms. The van der Waals surface area contributed by atoms with Gasteiger partial charge < -0.3 is 15.5 Å². The maximum absolute atomic E-state index is 11.9. The molecule has 0 aliphatic carbocycles. The molecule has 1 amide bonds. The number of rotatable bonds is 3. The van der Waals surface area contributed by atoms with Crippen molar-refractivity contribution in [1.29, 1.82) is 0 Å². The van der Waals surface area contributed by atoms with E-state index in [1.165, 1.54) is 0 Å². The summed E-state index contributed by atoms with van der Waals surface area (Å²) in [5, 5.41) is 0. The van der Waals surface area contributed by atoms with E-state index in [9.17, 15) is 4.79 Å². The van der Waals surface area contributed by atoms with Crippen molar-refractivity contribution >= 4 is 5.91 Å². The van der Waals surface area contributed by atoms with Gasteiger partial charge in [0.25, 0.3) is 0 Å². The van der Waals surface area contributed by atoms with Crippen LogP contribution in [0.2, 0.25) is 0 Å². The summed E-state index contributed by atoms with van der Waals surface area (Å²) < 4.78 is 0. The number of piperazine rings is 1. The van der Waals surface area contributed by atoms with E-state index in [2.05, 4.69) is 18.9 Å². The minimum Gasteiger partial charge on any atom is -0.337 e. The second kappa shape index (κ2) is 5.47. The van der Waals surface area contributed by atoms with Gasteiger partial charge in [0.1, 0.15) is 0 Å². The molecule has 0 radical (unpaired) electrons. The first-order valence-electron chi connectivity index (χ1n) is 5.74. The summed E-state index contributed by atoms with van der Waals surface area (Å²) in [5.41, 5.74) is 5.65. The van der Waals surface area contributed by atoms with Crippen LogP contribution in [-0.4, -0.2) is 54.5 Å². The number of amides is 1. The molecule has 1 rings (SSSR count). The maximum atomic E-state index is 11.9. The molecule has 2 atom stereocenters. The number of likely N-dealkylation sites (N-methyl/N-ethyl adjacent to an activating group) is 1. The first kappa shape index (κ1) is 12.5. The number of hydrogen-bond acceptors (Lipinski definition) is 3. The van der Waals surface area contributed by atoms with Crippen LogP contribution in [0.5, 0.6) is 0 Å². The Morgan fingerprint density at radius 2 is 2.20 bits per heavy atom. The topological polar surface area (TPSA) is 49.6 Å². The summed E-state index contributed by atoms with van der Waals surface area (Å²) in [4.78, 5) is 16.1. The van der Waals surface area contributed by atoms with Crippen LogP contribution >= 0.6 is 0 Å². The molecule has 4 nitrogen and oxygen atoms in total. The number of nitrogens with two attached hydrogens (primary N) is 1. The highest BCUT2D eigenvalue weighted by atomic mass is 16.2. The van der Waals surface area contributed by atoms with Crippen LogP contribution in [0.15, 0.2) is 0 Å². The summed E-state index contributed by atoms with van der Waals surface area (Å²) in [5.74, 6) is 0.257. The summed E-state index contributed by atoms with van der Waals surface area (Å²) in [6.07, 6.45) is 1.38. The lowest BCUT2D eigenvalue weighted by Gasteiger charge is -2.38. The normalized spacial score (nSPS) is 25.3. The Hall–Kier alpha value is -0.610. The van der Waals surface area contributed by atoms with E-state index in [1.807, 2.05) is 11.8 Å². The molecule has 0 aromatic carbocycles. The van der Waals surface area contributed by atoms with Crippen LogP contribution in [-0.2, 0) is 4.79 Å². The number of carbonyl (C=O) groups is 1. The van der Waals surface area contributed by atoms with Crippen molar-refractivity contribution in [3.8, 4) is 0 Å². The zero-order chi connectivity index (χ0) is 11.4. The largest absolute Gasteiger partial charge is 0.337 e. The summed E-state index contributed by atoms with van der Waals surface area (Å²) in [6.45, 7) is 6.87. The Kier molecular flexibility index (Phi) is 4.54. The van der Waals surface area contributed by atoms with E-state index in [0.717, 1.165) is 26.1 Å². The molecule has 1 heterocycles. The fourth-order valence-corrected chi connectivity index (χ4v) is 2.01. The molecule has 88 valence electrons. The molecule has 0 saturated carbocycles. The van der Waals surface area contributed by atoms with Gasteiger partial charge in [0, 0.05) is 38.1 Å². The van der Waals surface area contributed by atoms with Gasteiger partial charge in [-0.25, -0.2) is 0 Å². The maximum Gasteiger partial charge on any atom is 0.222 e. The van der Waals surface area contributed by atoms with Crippen LogP contribution < -0.4 is 5.73 Å². The standard InChI is InChI=1S/C11H23N3O/c1-9(12)4-5-11(15)14-7-6-13(3)8-10(14)2/h9-10H,4-8,12H2,1-3H3. The molecule has 1 aliphatic heterocycles. The van der Waals surface area contributed by atoms with Gasteiger partial charge in [-0.05, 0) is 27.3 Å². The van der Waals surface area contributed by atoms with Crippen LogP contribution in [0, 0.1) is 0 Å². The third kappa shape index (κ3) is 3.80. The van der Waals surface area contributed by atoms with Crippen LogP contribution in [0.1, 0.15) is 26.7 Å². The van der Waals surface area contributed by atoms with Gasteiger partial charge in [0.05, 0.1) is 0 Å². The van der Waals surface area contributed by atoms with Crippen molar-refractivity contribution in [2.45, 2.75) is 38.8 Å². The van der Waals surface area contributed by atoms with E-state index in [0.29, 0.717) is 12.5 Å². The van der Waals surface area contributed by atoms with E-state index in [4.69, 9.17) is 5.73 Å². The van der Waals surface area contributed by atoms with Crippen molar-refractivity contribution in [1.82, 2.24) is 9.80 Å². The molecular formula is C11H23N3O. The molecule has 2 unspecified atom stereocenters. The highest BCUT2D eigenvalue weighted by Crippen LogP contribution is 2.10. The second-order valence-corrected chi connectivity index (χ2v) is 4.71. The van der Waals surface area contributed by atoms with Crippen LogP contribution in [0.25, 0.3) is 0 Å².